The Kier molecular flexibility index (Phi) is 5.31. The van der Waals surface area contributed by atoms with Gasteiger partial charge in [0.15, 0.2) is 11.5 Å². The molecule has 0 unspecified atom stereocenters. The minimum atomic E-state index is -1.41. The number of amides is 8. The van der Waals surface area contributed by atoms with E-state index in [1.807, 2.05) is 0 Å². The van der Waals surface area contributed by atoms with E-state index in [1.54, 1.807) is 0 Å². The number of hydrogen-bond acceptors (Lipinski definition) is 8. The molecule has 0 aromatic heterocycles. The summed E-state index contributed by atoms with van der Waals surface area (Å²) in [4.78, 5) is 72.4. The summed E-state index contributed by atoms with van der Waals surface area (Å²) in [5.74, 6) is -3.80. The van der Waals surface area contributed by atoms with Crippen molar-refractivity contribution in [1.82, 2.24) is 20.4 Å². The first-order valence-electron chi connectivity index (χ1n) is 8.33. The van der Waals surface area contributed by atoms with Gasteiger partial charge in [0.1, 0.15) is 6.17 Å². The normalized spacial score (nSPS) is 15.4. The second kappa shape index (κ2) is 7.87. The molecule has 0 bridgehead atoms. The van der Waals surface area contributed by atoms with Gasteiger partial charge in [0.25, 0.3) is 23.6 Å². The Morgan fingerprint density at radius 3 is 1.70 bits per heavy atom. The highest BCUT2D eigenvalue weighted by Crippen LogP contribution is 2.28. The summed E-state index contributed by atoms with van der Waals surface area (Å²) in [6.45, 7) is 0. The number of hydrogen-bond donors (Lipinski definition) is 3. The SMILES string of the molecule is COc1cc(C(NC(=O)N2C(=O)C=CC2=O)NC(=O)N2C(=O)C=CC2=O)ccc1O. The number of nitrogens with one attached hydrogen (secondary N) is 2. The van der Waals surface area contributed by atoms with Crippen molar-refractivity contribution in [1.29, 1.82) is 0 Å². The van der Waals surface area contributed by atoms with Gasteiger partial charge in [-0.25, -0.2) is 9.59 Å². The van der Waals surface area contributed by atoms with Crippen LogP contribution in [0.15, 0.2) is 42.5 Å². The number of phenolic OH excluding ortho intramolecular Hbond substituents is 1. The molecule has 0 radical (unpaired) electrons. The lowest BCUT2D eigenvalue weighted by atomic mass is 10.1. The average molecular weight is 414 g/mol. The van der Waals surface area contributed by atoms with Crippen molar-refractivity contribution in [2.24, 2.45) is 0 Å². The Morgan fingerprint density at radius 2 is 1.30 bits per heavy atom. The van der Waals surface area contributed by atoms with Gasteiger partial charge in [-0.2, -0.15) is 9.80 Å². The molecule has 12 heteroatoms. The Balaban J connectivity index is 1.88. The van der Waals surface area contributed by atoms with E-state index in [0.29, 0.717) is 9.80 Å². The lowest BCUT2D eigenvalue weighted by molar-refractivity contribution is -0.134. The number of methoxy groups -OCH3 is 1. The molecule has 3 N–H and O–H groups in total. The Bertz CT molecular complexity index is 953. The van der Waals surface area contributed by atoms with E-state index in [4.69, 9.17) is 4.74 Å². The van der Waals surface area contributed by atoms with Crippen LogP contribution in [0.25, 0.3) is 0 Å². The molecule has 12 nitrogen and oxygen atoms in total. The minimum absolute atomic E-state index is 0.00835. The number of rotatable bonds is 4. The molecule has 0 aliphatic carbocycles. The molecule has 0 spiro atoms. The largest absolute Gasteiger partial charge is 0.504 e. The molecule has 2 aliphatic rings. The molecule has 0 saturated carbocycles. The average Bonchev–Trinajstić information content (AvgIpc) is 3.22. The second-order valence-electron chi connectivity index (χ2n) is 5.95. The predicted octanol–water partition coefficient (Wildman–Crippen LogP) is -0.331. The molecule has 1 aromatic carbocycles. The Morgan fingerprint density at radius 1 is 0.867 bits per heavy atom. The zero-order valence-corrected chi connectivity index (χ0v) is 15.3. The molecule has 0 saturated heterocycles. The van der Waals surface area contributed by atoms with Gasteiger partial charge in [0.05, 0.1) is 7.11 Å². The van der Waals surface area contributed by atoms with Crippen LogP contribution in [0.4, 0.5) is 9.59 Å². The second-order valence-corrected chi connectivity index (χ2v) is 5.95. The van der Waals surface area contributed by atoms with Crippen LogP contribution >= 0.6 is 0 Å². The van der Waals surface area contributed by atoms with Crippen molar-refractivity contribution in [2.75, 3.05) is 7.11 Å². The molecule has 8 amide bonds. The number of imide groups is 6. The highest BCUT2D eigenvalue weighted by atomic mass is 16.5. The number of phenols is 1. The standard InChI is InChI=1S/C18H14N4O8/c1-30-11-8-9(2-3-10(11)23)16(19-17(28)21-12(24)4-5-13(21)25)20-18(29)22-14(26)6-7-15(22)27/h2-8,16,23H,1H3,(H,19,28)(H,20,29). The molecule has 2 aliphatic heterocycles. The van der Waals surface area contributed by atoms with Crippen LogP contribution in [0, 0.1) is 0 Å². The van der Waals surface area contributed by atoms with Crippen molar-refractivity contribution >= 4 is 35.7 Å². The van der Waals surface area contributed by atoms with E-state index in [-0.39, 0.29) is 17.1 Å². The molecule has 0 atom stereocenters. The fourth-order valence-electron chi connectivity index (χ4n) is 2.65. The number of urea groups is 2. The fourth-order valence-corrected chi connectivity index (χ4v) is 2.65. The van der Waals surface area contributed by atoms with E-state index >= 15 is 0 Å². The van der Waals surface area contributed by atoms with Crippen LogP contribution in [0.3, 0.4) is 0 Å². The van der Waals surface area contributed by atoms with Crippen molar-refractivity contribution in [2.45, 2.75) is 6.17 Å². The van der Waals surface area contributed by atoms with Gasteiger partial charge in [0, 0.05) is 24.3 Å². The van der Waals surface area contributed by atoms with Gasteiger partial charge in [-0.3, -0.25) is 19.2 Å². The molecule has 30 heavy (non-hydrogen) atoms. The number of nitrogens with zero attached hydrogens (tertiary/aromatic N) is 2. The maximum Gasteiger partial charge on any atom is 0.333 e. The van der Waals surface area contributed by atoms with Crippen LogP contribution in [-0.2, 0) is 19.2 Å². The first-order chi connectivity index (χ1) is 14.2. The Labute approximate surface area is 168 Å². The summed E-state index contributed by atoms with van der Waals surface area (Å²) in [7, 11) is 1.27. The van der Waals surface area contributed by atoms with Gasteiger partial charge in [0.2, 0.25) is 0 Å². The van der Waals surface area contributed by atoms with Gasteiger partial charge >= 0.3 is 12.1 Å². The van der Waals surface area contributed by atoms with E-state index in [1.165, 1.54) is 25.3 Å². The van der Waals surface area contributed by atoms with Crippen molar-refractivity contribution < 1.29 is 38.6 Å². The van der Waals surface area contributed by atoms with Crippen molar-refractivity contribution in [3.05, 3.63) is 48.1 Å². The minimum Gasteiger partial charge on any atom is -0.504 e. The quantitative estimate of drug-likeness (QED) is 0.445. The van der Waals surface area contributed by atoms with Crippen LogP contribution in [0.5, 0.6) is 11.5 Å². The number of carbonyl (C=O) groups is 6. The number of carbonyl (C=O) groups excluding carboxylic acids is 6. The summed E-state index contributed by atoms with van der Waals surface area (Å²) in [5, 5.41) is 14.3. The smallest absolute Gasteiger partial charge is 0.333 e. The van der Waals surface area contributed by atoms with E-state index < -0.39 is 41.9 Å². The molecule has 2 heterocycles. The van der Waals surface area contributed by atoms with Gasteiger partial charge in [-0.05, 0) is 17.7 Å². The molecule has 0 fully saturated rings. The monoisotopic (exact) mass is 414 g/mol. The van der Waals surface area contributed by atoms with E-state index in [2.05, 4.69) is 10.6 Å². The van der Waals surface area contributed by atoms with Gasteiger partial charge < -0.3 is 20.5 Å². The number of benzene rings is 1. The Hall–Kier alpha value is -4.48. The summed E-state index contributed by atoms with van der Waals surface area (Å²) in [6.07, 6.45) is 2.17. The fraction of sp³-hybridized carbons (Fsp3) is 0.111. The number of aromatic hydroxyl groups is 1. The summed E-state index contributed by atoms with van der Waals surface area (Å²) in [5.41, 5.74) is 0.144. The molecule has 1 aromatic rings. The third-order valence-corrected chi connectivity index (χ3v) is 4.10. The van der Waals surface area contributed by atoms with Crippen molar-refractivity contribution in [3.8, 4) is 11.5 Å². The lowest BCUT2D eigenvalue weighted by Gasteiger charge is -2.25. The number of ether oxygens (including phenoxy) is 1. The van der Waals surface area contributed by atoms with Gasteiger partial charge in [-0.15, -0.1) is 0 Å². The van der Waals surface area contributed by atoms with Crippen LogP contribution in [0.2, 0.25) is 0 Å². The lowest BCUT2D eigenvalue weighted by Crippen LogP contribution is -2.52. The topological polar surface area (TPSA) is 162 Å². The maximum absolute atomic E-state index is 12.4. The summed E-state index contributed by atoms with van der Waals surface area (Å²) < 4.78 is 4.98. The van der Waals surface area contributed by atoms with Crippen molar-refractivity contribution in [3.63, 3.8) is 0 Å². The molecule has 154 valence electrons. The predicted molar refractivity (Wildman–Crippen MR) is 96.4 cm³/mol. The third kappa shape index (κ3) is 3.73. The van der Waals surface area contributed by atoms with Gasteiger partial charge in [-0.1, -0.05) is 6.07 Å². The highest BCUT2D eigenvalue weighted by Gasteiger charge is 2.35. The zero-order valence-electron chi connectivity index (χ0n) is 15.3. The molecular weight excluding hydrogens is 400 g/mol. The first kappa shape index (κ1) is 20.3. The summed E-state index contributed by atoms with van der Waals surface area (Å²) >= 11 is 0. The van der Waals surface area contributed by atoms with E-state index in [9.17, 15) is 33.9 Å². The zero-order chi connectivity index (χ0) is 22.0. The third-order valence-electron chi connectivity index (χ3n) is 4.10. The van der Waals surface area contributed by atoms with E-state index in [0.717, 1.165) is 24.3 Å². The molecular formula is C18H14N4O8. The first-order valence-corrected chi connectivity index (χ1v) is 8.33. The summed E-state index contributed by atoms with van der Waals surface area (Å²) in [6, 6.07) is 1.45. The highest BCUT2D eigenvalue weighted by molar-refractivity contribution is 6.23. The molecule has 3 rings (SSSR count). The van der Waals surface area contributed by atoms with Crippen LogP contribution < -0.4 is 15.4 Å². The van der Waals surface area contributed by atoms with Crippen LogP contribution in [-0.4, -0.2) is 57.7 Å². The maximum atomic E-state index is 12.4. The van der Waals surface area contributed by atoms with Crippen LogP contribution in [0.1, 0.15) is 11.7 Å².